The number of nitrogens with zero attached hydrogens (tertiary/aromatic N) is 1. The number of amides is 1. The van der Waals surface area contributed by atoms with Crippen molar-refractivity contribution >= 4 is 12.1 Å². The molecular weight excluding hydrogens is 286 g/mol. The van der Waals surface area contributed by atoms with Crippen molar-refractivity contribution < 1.29 is 24.2 Å². The predicted molar refractivity (Wildman–Crippen MR) is 81.5 cm³/mol. The number of carbonyl (C=O) groups is 2. The Hall–Kier alpha value is -2.08. The van der Waals surface area contributed by atoms with Gasteiger partial charge in [-0.15, -0.1) is 0 Å². The van der Waals surface area contributed by atoms with Gasteiger partial charge in [-0.2, -0.15) is 0 Å². The van der Waals surface area contributed by atoms with Gasteiger partial charge in [0.05, 0.1) is 12.2 Å². The zero-order chi connectivity index (χ0) is 16.8. The second-order valence-electron chi connectivity index (χ2n) is 5.93. The normalized spacial score (nSPS) is 12.5. The Kier molecular flexibility index (Phi) is 6.37. The van der Waals surface area contributed by atoms with E-state index >= 15 is 0 Å². The first-order valence-electron chi connectivity index (χ1n) is 7.01. The summed E-state index contributed by atoms with van der Waals surface area (Å²) in [5.41, 5.74) is 0.352. The summed E-state index contributed by atoms with van der Waals surface area (Å²) >= 11 is 0. The lowest BCUT2D eigenvalue weighted by Crippen LogP contribution is -2.46. The highest BCUT2D eigenvalue weighted by molar-refractivity contribution is 5.80. The van der Waals surface area contributed by atoms with Crippen molar-refractivity contribution in [3.63, 3.8) is 0 Å². The molecule has 1 amide bonds. The zero-order valence-electron chi connectivity index (χ0n) is 13.4. The van der Waals surface area contributed by atoms with Gasteiger partial charge in [0.2, 0.25) is 0 Å². The van der Waals surface area contributed by atoms with Gasteiger partial charge < -0.3 is 14.6 Å². The maximum atomic E-state index is 12.0. The number of carboxylic acids is 1. The Balaban J connectivity index is 2.59. The molecule has 22 heavy (non-hydrogen) atoms. The van der Waals surface area contributed by atoms with Crippen LogP contribution in [0, 0.1) is 0 Å². The summed E-state index contributed by atoms with van der Waals surface area (Å²) in [6, 6.07) is 8.09. The van der Waals surface area contributed by atoms with Crippen LogP contribution in [0.5, 0.6) is 0 Å². The standard InChI is InChI=1S/C16H23NO5/c1-16(2,3)22-11-13(14(18)19)17(4)15(20)21-10-12-8-6-5-7-9-12/h5-9,13H,10-11H2,1-4H3,(H,18,19)/t13-/m0/s1. The van der Waals surface area contributed by atoms with E-state index in [1.807, 2.05) is 51.1 Å². The Morgan fingerprint density at radius 2 is 1.82 bits per heavy atom. The van der Waals surface area contributed by atoms with Crippen molar-refractivity contribution in [2.75, 3.05) is 13.7 Å². The van der Waals surface area contributed by atoms with Crippen LogP contribution in [0.3, 0.4) is 0 Å². The Labute approximate surface area is 130 Å². The van der Waals surface area contributed by atoms with Gasteiger partial charge in [-0.25, -0.2) is 9.59 Å². The third-order valence-electron chi connectivity index (χ3n) is 2.92. The predicted octanol–water partition coefficient (Wildman–Crippen LogP) is 2.52. The van der Waals surface area contributed by atoms with Gasteiger partial charge in [0.25, 0.3) is 0 Å². The fraction of sp³-hybridized carbons (Fsp3) is 0.500. The van der Waals surface area contributed by atoms with E-state index in [9.17, 15) is 14.7 Å². The molecule has 0 spiro atoms. The van der Waals surface area contributed by atoms with Gasteiger partial charge in [-0.05, 0) is 26.3 Å². The summed E-state index contributed by atoms with van der Waals surface area (Å²) in [5, 5.41) is 9.25. The lowest BCUT2D eigenvalue weighted by atomic mass is 10.2. The summed E-state index contributed by atoms with van der Waals surface area (Å²) in [6.45, 7) is 5.45. The molecule has 6 nitrogen and oxygen atoms in total. The fourth-order valence-corrected chi connectivity index (χ4v) is 1.63. The first kappa shape index (κ1) is 18.0. The highest BCUT2D eigenvalue weighted by atomic mass is 16.6. The van der Waals surface area contributed by atoms with Crippen molar-refractivity contribution in [3.8, 4) is 0 Å². The molecule has 1 atom stereocenters. The van der Waals surface area contributed by atoms with E-state index in [1.54, 1.807) is 0 Å². The van der Waals surface area contributed by atoms with Crippen molar-refractivity contribution in [3.05, 3.63) is 35.9 Å². The Morgan fingerprint density at radius 3 is 2.32 bits per heavy atom. The summed E-state index contributed by atoms with van der Waals surface area (Å²) in [4.78, 5) is 24.3. The lowest BCUT2D eigenvalue weighted by Gasteiger charge is -2.27. The van der Waals surface area contributed by atoms with E-state index in [0.29, 0.717) is 0 Å². The lowest BCUT2D eigenvalue weighted by molar-refractivity contribution is -0.146. The summed E-state index contributed by atoms with van der Waals surface area (Å²) in [7, 11) is 1.39. The highest BCUT2D eigenvalue weighted by Crippen LogP contribution is 2.11. The molecule has 0 saturated carbocycles. The molecule has 0 saturated heterocycles. The summed E-state index contributed by atoms with van der Waals surface area (Å²) in [5.74, 6) is -1.14. The number of aliphatic carboxylic acids is 1. The first-order valence-corrected chi connectivity index (χ1v) is 7.01. The largest absolute Gasteiger partial charge is 0.480 e. The van der Waals surface area contributed by atoms with Crippen molar-refractivity contribution in [2.45, 2.75) is 39.0 Å². The summed E-state index contributed by atoms with van der Waals surface area (Å²) in [6.07, 6.45) is -0.700. The minimum Gasteiger partial charge on any atom is -0.480 e. The number of hydrogen-bond donors (Lipinski definition) is 1. The molecule has 0 unspecified atom stereocenters. The van der Waals surface area contributed by atoms with Crippen LogP contribution in [-0.4, -0.2) is 47.4 Å². The van der Waals surface area contributed by atoms with E-state index in [0.717, 1.165) is 10.5 Å². The monoisotopic (exact) mass is 309 g/mol. The third-order valence-corrected chi connectivity index (χ3v) is 2.92. The third kappa shape index (κ3) is 6.13. The van der Waals surface area contributed by atoms with Gasteiger partial charge in [0, 0.05) is 7.05 Å². The van der Waals surface area contributed by atoms with Crippen molar-refractivity contribution in [2.24, 2.45) is 0 Å². The van der Waals surface area contributed by atoms with Crippen molar-refractivity contribution in [1.82, 2.24) is 4.90 Å². The van der Waals surface area contributed by atoms with E-state index in [4.69, 9.17) is 9.47 Å². The molecule has 1 rings (SSSR count). The van der Waals surface area contributed by atoms with E-state index < -0.39 is 23.7 Å². The number of ether oxygens (including phenoxy) is 2. The van der Waals surface area contributed by atoms with Gasteiger partial charge in [0.15, 0.2) is 6.04 Å². The number of carbonyl (C=O) groups excluding carboxylic acids is 1. The number of hydrogen-bond acceptors (Lipinski definition) is 4. The van der Waals surface area contributed by atoms with Crippen LogP contribution in [0.25, 0.3) is 0 Å². The second-order valence-corrected chi connectivity index (χ2v) is 5.93. The number of benzene rings is 1. The molecule has 1 N–H and O–H groups in total. The molecular formula is C16H23NO5. The molecule has 0 fully saturated rings. The maximum Gasteiger partial charge on any atom is 0.410 e. The van der Waals surface area contributed by atoms with Crippen molar-refractivity contribution in [1.29, 1.82) is 0 Å². The smallest absolute Gasteiger partial charge is 0.410 e. The van der Waals surface area contributed by atoms with Crippen LogP contribution in [-0.2, 0) is 20.9 Å². The minimum absolute atomic E-state index is 0.0937. The number of rotatable bonds is 6. The van der Waals surface area contributed by atoms with E-state index in [2.05, 4.69) is 0 Å². The van der Waals surface area contributed by atoms with Gasteiger partial charge in [0.1, 0.15) is 6.61 Å². The van der Waals surface area contributed by atoms with Crippen LogP contribution in [0.2, 0.25) is 0 Å². The zero-order valence-corrected chi connectivity index (χ0v) is 13.4. The topological polar surface area (TPSA) is 76.1 Å². The average Bonchev–Trinajstić information content (AvgIpc) is 2.44. The SMILES string of the molecule is CN(C(=O)OCc1ccccc1)[C@@H](COC(C)(C)C)C(=O)O. The van der Waals surface area contributed by atoms with Gasteiger partial charge in [-0.3, -0.25) is 4.90 Å². The minimum atomic E-state index is -1.14. The number of carboxylic acid groups (broad SMARTS) is 1. The van der Waals surface area contributed by atoms with Crippen LogP contribution < -0.4 is 0 Å². The van der Waals surface area contributed by atoms with Crippen LogP contribution in [0.1, 0.15) is 26.3 Å². The second kappa shape index (κ2) is 7.79. The van der Waals surface area contributed by atoms with Crippen LogP contribution in [0.15, 0.2) is 30.3 Å². The van der Waals surface area contributed by atoms with Crippen LogP contribution in [0.4, 0.5) is 4.79 Å². The fourth-order valence-electron chi connectivity index (χ4n) is 1.63. The average molecular weight is 309 g/mol. The number of likely N-dealkylation sites (N-methyl/N-ethyl adjacent to an activating group) is 1. The molecule has 0 aliphatic carbocycles. The Bertz CT molecular complexity index is 495. The molecule has 0 radical (unpaired) electrons. The molecule has 1 aromatic carbocycles. The quantitative estimate of drug-likeness (QED) is 0.874. The maximum absolute atomic E-state index is 12.0. The molecule has 122 valence electrons. The molecule has 0 bridgehead atoms. The van der Waals surface area contributed by atoms with E-state index in [-0.39, 0.29) is 13.2 Å². The van der Waals surface area contributed by atoms with Gasteiger partial charge in [-0.1, -0.05) is 30.3 Å². The highest BCUT2D eigenvalue weighted by Gasteiger charge is 2.29. The molecule has 0 heterocycles. The molecule has 1 aromatic rings. The molecule has 6 heteroatoms. The van der Waals surface area contributed by atoms with Gasteiger partial charge >= 0.3 is 12.1 Å². The summed E-state index contributed by atoms with van der Waals surface area (Å²) < 4.78 is 10.6. The molecule has 0 aromatic heterocycles. The Morgan fingerprint density at radius 1 is 1.23 bits per heavy atom. The van der Waals surface area contributed by atoms with Crippen LogP contribution >= 0.6 is 0 Å². The first-order chi connectivity index (χ1) is 10.2. The molecule has 0 aliphatic rings. The van der Waals surface area contributed by atoms with E-state index in [1.165, 1.54) is 7.05 Å². The molecule has 0 aliphatic heterocycles.